The number of rotatable bonds is 4. The summed E-state index contributed by atoms with van der Waals surface area (Å²) in [6.07, 6.45) is 2.39. The Morgan fingerprint density at radius 3 is 3.00 bits per heavy atom. The summed E-state index contributed by atoms with van der Waals surface area (Å²) in [7, 11) is 0. The smallest absolute Gasteiger partial charge is 0.306 e. The fourth-order valence-corrected chi connectivity index (χ4v) is 2.92. The number of fused-ring (bicyclic) bond motifs is 1. The highest BCUT2D eigenvalue weighted by molar-refractivity contribution is 5.69. The first-order valence-electron chi connectivity index (χ1n) is 6.53. The molecule has 5 nitrogen and oxygen atoms in total. The van der Waals surface area contributed by atoms with E-state index in [4.69, 9.17) is 4.74 Å². The second-order valence-electron chi connectivity index (χ2n) is 5.66. The Bertz CT molecular complexity index is 366. The molecule has 0 aromatic heterocycles. The maximum Gasteiger partial charge on any atom is 0.306 e. The van der Waals surface area contributed by atoms with Gasteiger partial charge in [-0.25, -0.2) is 0 Å². The Kier molecular flexibility index (Phi) is 3.75. The molecule has 0 aromatic rings. The molecule has 0 amide bonds. The van der Waals surface area contributed by atoms with Gasteiger partial charge < -0.3 is 19.7 Å². The van der Waals surface area contributed by atoms with Gasteiger partial charge in [-0.1, -0.05) is 13.8 Å². The van der Waals surface area contributed by atoms with Gasteiger partial charge in [0.25, 0.3) is 0 Å². The number of carbonyl (C=O) groups is 1. The molecule has 2 rings (SSSR count). The molecule has 2 aliphatic rings. The van der Waals surface area contributed by atoms with Gasteiger partial charge in [0.05, 0.1) is 19.7 Å². The van der Waals surface area contributed by atoms with Crippen molar-refractivity contribution in [2.45, 2.75) is 38.8 Å². The highest BCUT2D eigenvalue weighted by Crippen LogP contribution is 2.37. The van der Waals surface area contributed by atoms with Crippen molar-refractivity contribution in [1.82, 2.24) is 0 Å². The van der Waals surface area contributed by atoms with E-state index in [9.17, 15) is 15.1 Å². The lowest BCUT2D eigenvalue weighted by molar-refractivity contribution is -0.877. The number of quaternary nitrogens is 1. The van der Waals surface area contributed by atoms with Crippen molar-refractivity contribution in [3.8, 4) is 0 Å². The van der Waals surface area contributed by atoms with Crippen LogP contribution in [0.3, 0.4) is 0 Å². The van der Waals surface area contributed by atoms with Crippen molar-refractivity contribution in [2.75, 3.05) is 19.7 Å². The molecule has 5 heteroatoms. The fraction of sp³-hybridized carbons (Fsp3) is 0.769. The van der Waals surface area contributed by atoms with E-state index in [2.05, 4.69) is 0 Å². The highest BCUT2D eigenvalue weighted by Gasteiger charge is 2.49. The van der Waals surface area contributed by atoms with Crippen molar-refractivity contribution in [3.05, 3.63) is 16.9 Å². The van der Waals surface area contributed by atoms with E-state index in [1.807, 2.05) is 13.8 Å². The van der Waals surface area contributed by atoms with Crippen LogP contribution in [0, 0.1) is 11.1 Å². The number of ether oxygens (including phenoxy) is 1. The van der Waals surface area contributed by atoms with Gasteiger partial charge in [-0.2, -0.15) is 0 Å². The molecule has 0 aliphatic carbocycles. The van der Waals surface area contributed by atoms with Crippen LogP contribution >= 0.6 is 0 Å². The molecule has 0 saturated carbocycles. The summed E-state index contributed by atoms with van der Waals surface area (Å²) in [5, 5.41) is 21.7. The summed E-state index contributed by atoms with van der Waals surface area (Å²) in [5.41, 5.74) is 0.727. The Morgan fingerprint density at radius 1 is 1.67 bits per heavy atom. The number of aliphatic hydroxyl groups excluding tert-OH is 1. The van der Waals surface area contributed by atoms with E-state index in [1.54, 1.807) is 6.08 Å². The molecule has 0 bridgehead atoms. The number of hydroxylamine groups is 3. The van der Waals surface area contributed by atoms with Crippen molar-refractivity contribution in [2.24, 2.45) is 5.92 Å². The summed E-state index contributed by atoms with van der Waals surface area (Å²) in [4.78, 5) is 11.7. The van der Waals surface area contributed by atoms with Gasteiger partial charge in [0.1, 0.15) is 0 Å². The van der Waals surface area contributed by atoms with Crippen LogP contribution in [0.4, 0.5) is 0 Å². The maximum absolute atomic E-state index is 12.4. The predicted octanol–water partition coefficient (Wildman–Crippen LogP) is 0.963. The van der Waals surface area contributed by atoms with Crippen LogP contribution in [0.15, 0.2) is 11.6 Å². The molecule has 1 saturated heterocycles. The van der Waals surface area contributed by atoms with E-state index >= 15 is 0 Å². The lowest BCUT2D eigenvalue weighted by atomic mass is 10.0. The first-order chi connectivity index (χ1) is 8.46. The molecule has 0 spiro atoms. The van der Waals surface area contributed by atoms with Crippen molar-refractivity contribution in [3.63, 3.8) is 0 Å². The average molecular weight is 255 g/mol. The van der Waals surface area contributed by atoms with Crippen LogP contribution in [0.1, 0.15) is 26.7 Å². The van der Waals surface area contributed by atoms with Gasteiger partial charge in [-0.15, -0.1) is 0 Å². The first-order valence-corrected chi connectivity index (χ1v) is 6.53. The lowest BCUT2D eigenvalue weighted by Crippen LogP contribution is -2.47. The topological polar surface area (TPSA) is 69.6 Å². The zero-order chi connectivity index (χ0) is 13.3. The Hall–Kier alpha value is -0.910. The minimum absolute atomic E-state index is 0.120. The first kappa shape index (κ1) is 13.5. The molecular weight excluding hydrogens is 234 g/mol. The fourth-order valence-electron chi connectivity index (χ4n) is 2.92. The van der Waals surface area contributed by atoms with Gasteiger partial charge in [0.2, 0.25) is 0 Å². The molecule has 1 N–H and O–H groups in total. The van der Waals surface area contributed by atoms with Crippen LogP contribution < -0.4 is 0 Å². The maximum atomic E-state index is 12.4. The Labute approximate surface area is 107 Å². The minimum Gasteiger partial charge on any atom is -0.632 e. The third-order valence-electron chi connectivity index (χ3n) is 3.73. The molecule has 18 heavy (non-hydrogen) atoms. The molecular formula is C13H21NO4. The van der Waals surface area contributed by atoms with Gasteiger partial charge in [-0.05, 0) is 12.0 Å². The van der Waals surface area contributed by atoms with Crippen LogP contribution in [0.25, 0.3) is 0 Å². The normalized spacial score (nSPS) is 34.6. The summed E-state index contributed by atoms with van der Waals surface area (Å²) < 4.78 is 5.06. The number of carbonyl (C=O) groups excluding carboxylic acids is 1. The van der Waals surface area contributed by atoms with Crippen molar-refractivity contribution < 1.29 is 19.3 Å². The van der Waals surface area contributed by atoms with E-state index in [-0.39, 0.29) is 35.3 Å². The predicted molar refractivity (Wildman–Crippen MR) is 66.3 cm³/mol. The Balaban J connectivity index is 2.02. The molecule has 3 atom stereocenters. The van der Waals surface area contributed by atoms with Crippen molar-refractivity contribution >= 4 is 5.97 Å². The van der Waals surface area contributed by atoms with E-state index in [0.29, 0.717) is 25.9 Å². The molecule has 0 unspecified atom stereocenters. The molecule has 2 aliphatic heterocycles. The van der Waals surface area contributed by atoms with Gasteiger partial charge in [0.15, 0.2) is 12.1 Å². The van der Waals surface area contributed by atoms with E-state index in [1.165, 1.54) is 0 Å². The summed E-state index contributed by atoms with van der Waals surface area (Å²) in [6.45, 7) is 4.64. The third-order valence-corrected chi connectivity index (χ3v) is 3.73. The number of nitrogens with zero attached hydrogens (tertiary/aromatic N) is 1. The molecule has 0 radical (unpaired) electrons. The third kappa shape index (κ3) is 2.43. The number of hydrogen-bond donors (Lipinski definition) is 1. The molecule has 1 fully saturated rings. The van der Waals surface area contributed by atoms with E-state index < -0.39 is 0 Å². The highest BCUT2D eigenvalue weighted by atomic mass is 16.6. The second-order valence-corrected chi connectivity index (χ2v) is 5.66. The number of aliphatic hydroxyl groups is 1. The largest absolute Gasteiger partial charge is 0.632 e. The van der Waals surface area contributed by atoms with Crippen LogP contribution in [-0.4, -0.2) is 47.6 Å². The molecule has 0 aromatic carbocycles. The number of hydrogen-bond acceptors (Lipinski definition) is 4. The SMILES string of the molecule is CC(C)CC(=O)O[C@@H]1CC[N@+]2([O-])CC=C(CO)[C@H]12. The average Bonchev–Trinajstić information content (AvgIpc) is 2.75. The van der Waals surface area contributed by atoms with Crippen LogP contribution in [0.2, 0.25) is 0 Å². The van der Waals surface area contributed by atoms with Crippen molar-refractivity contribution in [1.29, 1.82) is 0 Å². The zero-order valence-corrected chi connectivity index (χ0v) is 11.0. The Morgan fingerprint density at radius 2 is 2.39 bits per heavy atom. The summed E-state index contributed by atoms with van der Waals surface area (Å²) in [6, 6.07) is -0.383. The van der Waals surface area contributed by atoms with Crippen LogP contribution in [-0.2, 0) is 9.53 Å². The quantitative estimate of drug-likeness (QED) is 0.351. The summed E-state index contributed by atoms with van der Waals surface area (Å²) >= 11 is 0. The second kappa shape index (κ2) is 4.99. The molecule has 2 heterocycles. The van der Waals surface area contributed by atoms with Gasteiger partial charge in [0, 0.05) is 18.4 Å². The van der Waals surface area contributed by atoms with Crippen LogP contribution in [0.5, 0.6) is 0 Å². The van der Waals surface area contributed by atoms with E-state index in [0.717, 1.165) is 5.57 Å². The van der Waals surface area contributed by atoms with Gasteiger partial charge in [-0.3, -0.25) is 4.79 Å². The molecule has 102 valence electrons. The van der Waals surface area contributed by atoms with Gasteiger partial charge >= 0.3 is 5.97 Å². The zero-order valence-electron chi connectivity index (χ0n) is 11.0. The minimum atomic E-state index is -0.383. The monoisotopic (exact) mass is 255 g/mol. The summed E-state index contributed by atoms with van der Waals surface area (Å²) in [5.74, 6) is 0.00877. The lowest BCUT2D eigenvalue weighted by Gasteiger charge is -2.40. The number of esters is 1. The standard InChI is InChI=1S/C13H21NO4/c1-9(2)7-12(16)18-11-4-6-14(17)5-3-10(8-15)13(11)14/h3,9,11,13,15H,4-8H2,1-2H3/t11-,13-,14-/m1/s1.